The Morgan fingerprint density at radius 3 is 2.50 bits per heavy atom. The summed E-state index contributed by atoms with van der Waals surface area (Å²) in [5.74, 6) is -0.129. The van der Waals surface area contributed by atoms with Gasteiger partial charge in [0.2, 0.25) is 0 Å². The Morgan fingerprint density at radius 1 is 1.00 bits per heavy atom. The van der Waals surface area contributed by atoms with E-state index in [1.165, 1.54) is 4.68 Å². The summed E-state index contributed by atoms with van der Waals surface area (Å²) in [4.78, 5) is 24.3. The van der Waals surface area contributed by atoms with Crippen molar-refractivity contribution in [2.24, 2.45) is 0 Å². The highest BCUT2D eigenvalue weighted by Crippen LogP contribution is 2.07. The van der Waals surface area contributed by atoms with Gasteiger partial charge in [-0.25, -0.2) is 4.68 Å². The van der Waals surface area contributed by atoms with Gasteiger partial charge in [-0.15, -0.1) is 0 Å². The molecule has 1 aromatic heterocycles. The van der Waals surface area contributed by atoms with Crippen molar-refractivity contribution in [1.29, 1.82) is 0 Å². The molecule has 3 rings (SSSR count). The highest BCUT2D eigenvalue weighted by Gasteiger charge is 2.09. The SMILES string of the molecule is O=C(Cn1ncc2ccccc2c1=O)c1ccccc1. The van der Waals surface area contributed by atoms with Gasteiger partial charge < -0.3 is 0 Å². The van der Waals surface area contributed by atoms with Crippen LogP contribution in [0.15, 0.2) is 65.6 Å². The van der Waals surface area contributed by atoms with E-state index in [1.807, 2.05) is 18.2 Å². The van der Waals surface area contributed by atoms with Crippen LogP contribution in [0.1, 0.15) is 10.4 Å². The molecule has 98 valence electrons. The molecule has 2 aromatic carbocycles. The molecule has 0 unspecified atom stereocenters. The lowest BCUT2D eigenvalue weighted by Gasteiger charge is -2.05. The Labute approximate surface area is 115 Å². The maximum Gasteiger partial charge on any atom is 0.275 e. The largest absolute Gasteiger partial charge is 0.292 e. The van der Waals surface area contributed by atoms with Crippen LogP contribution in [0.25, 0.3) is 10.8 Å². The van der Waals surface area contributed by atoms with Gasteiger partial charge in [0.05, 0.1) is 11.6 Å². The van der Waals surface area contributed by atoms with Crippen molar-refractivity contribution in [3.8, 4) is 0 Å². The summed E-state index contributed by atoms with van der Waals surface area (Å²) in [6.07, 6.45) is 1.61. The second kappa shape index (κ2) is 5.09. The third-order valence-corrected chi connectivity index (χ3v) is 3.15. The van der Waals surface area contributed by atoms with Crippen LogP contribution in [0.4, 0.5) is 0 Å². The van der Waals surface area contributed by atoms with Crippen LogP contribution in [0.5, 0.6) is 0 Å². The number of carbonyl (C=O) groups is 1. The van der Waals surface area contributed by atoms with Gasteiger partial charge in [0, 0.05) is 10.9 Å². The van der Waals surface area contributed by atoms with Gasteiger partial charge in [0.15, 0.2) is 5.78 Å². The zero-order chi connectivity index (χ0) is 13.9. The average Bonchev–Trinajstić information content (AvgIpc) is 2.51. The van der Waals surface area contributed by atoms with Crippen LogP contribution >= 0.6 is 0 Å². The van der Waals surface area contributed by atoms with E-state index in [9.17, 15) is 9.59 Å². The molecule has 1 heterocycles. The number of carbonyl (C=O) groups excluding carboxylic acids is 1. The molecule has 0 aliphatic rings. The molecular weight excluding hydrogens is 252 g/mol. The van der Waals surface area contributed by atoms with E-state index in [0.717, 1.165) is 5.39 Å². The van der Waals surface area contributed by atoms with Crippen molar-refractivity contribution in [1.82, 2.24) is 9.78 Å². The normalized spacial score (nSPS) is 10.6. The fourth-order valence-corrected chi connectivity index (χ4v) is 2.09. The topological polar surface area (TPSA) is 52.0 Å². The monoisotopic (exact) mass is 264 g/mol. The van der Waals surface area contributed by atoms with Crippen molar-refractivity contribution >= 4 is 16.6 Å². The number of Topliss-reactive ketones (excluding diaryl/α,β-unsaturated/α-hetero) is 1. The molecule has 20 heavy (non-hydrogen) atoms. The Hall–Kier alpha value is -2.75. The van der Waals surface area contributed by atoms with E-state index in [2.05, 4.69) is 5.10 Å². The first-order valence-electron chi connectivity index (χ1n) is 6.29. The second-order valence-electron chi connectivity index (χ2n) is 4.48. The van der Waals surface area contributed by atoms with Crippen molar-refractivity contribution in [2.45, 2.75) is 6.54 Å². The quantitative estimate of drug-likeness (QED) is 0.682. The van der Waals surface area contributed by atoms with E-state index >= 15 is 0 Å². The molecule has 4 heteroatoms. The summed E-state index contributed by atoms with van der Waals surface area (Å²) < 4.78 is 1.21. The fraction of sp³-hybridized carbons (Fsp3) is 0.0625. The lowest BCUT2D eigenvalue weighted by Crippen LogP contribution is -2.26. The average molecular weight is 264 g/mol. The number of ketones is 1. The van der Waals surface area contributed by atoms with E-state index in [0.29, 0.717) is 10.9 Å². The number of hydrogen-bond acceptors (Lipinski definition) is 3. The molecule has 0 N–H and O–H groups in total. The second-order valence-corrected chi connectivity index (χ2v) is 4.48. The van der Waals surface area contributed by atoms with Crippen LogP contribution < -0.4 is 5.56 Å². The van der Waals surface area contributed by atoms with Gasteiger partial charge >= 0.3 is 0 Å². The van der Waals surface area contributed by atoms with Gasteiger partial charge in [0.1, 0.15) is 6.54 Å². The maximum absolute atomic E-state index is 12.2. The van der Waals surface area contributed by atoms with E-state index in [4.69, 9.17) is 0 Å². The Bertz CT molecular complexity index is 823. The Morgan fingerprint density at radius 2 is 1.70 bits per heavy atom. The molecule has 4 nitrogen and oxygen atoms in total. The number of aromatic nitrogens is 2. The molecule has 0 aliphatic heterocycles. The first-order chi connectivity index (χ1) is 9.75. The Kier molecular flexibility index (Phi) is 3.13. The molecule has 0 spiro atoms. The highest BCUT2D eigenvalue weighted by molar-refractivity contribution is 5.95. The maximum atomic E-state index is 12.2. The van der Waals surface area contributed by atoms with Crippen LogP contribution in [0.3, 0.4) is 0 Å². The van der Waals surface area contributed by atoms with Crippen molar-refractivity contribution in [3.05, 3.63) is 76.7 Å². The number of fused-ring (bicyclic) bond motifs is 1. The van der Waals surface area contributed by atoms with Crippen LogP contribution in [0.2, 0.25) is 0 Å². The summed E-state index contributed by atoms with van der Waals surface area (Å²) in [5.41, 5.74) is 0.335. The van der Waals surface area contributed by atoms with Gasteiger partial charge in [-0.1, -0.05) is 48.5 Å². The van der Waals surface area contributed by atoms with Gasteiger partial charge in [-0.05, 0) is 6.07 Å². The minimum atomic E-state index is -0.243. The van der Waals surface area contributed by atoms with Crippen LogP contribution in [-0.2, 0) is 6.54 Å². The smallest absolute Gasteiger partial charge is 0.275 e. The number of nitrogens with zero attached hydrogens (tertiary/aromatic N) is 2. The molecule has 0 amide bonds. The summed E-state index contributed by atoms with van der Waals surface area (Å²) in [5, 5.41) is 5.41. The van der Waals surface area contributed by atoms with Crippen molar-refractivity contribution < 1.29 is 4.79 Å². The minimum Gasteiger partial charge on any atom is -0.292 e. The first kappa shape index (κ1) is 12.3. The minimum absolute atomic E-state index is 0.0479. The van der Waals surface area contributed by atoms with Crippen LogP contribution in [-0.4, -0.2) is 15.6 Å². The van der Waals surface area contributed by atoms with Crippen molar-refractivity contribution in [2.75, 3.05) is 0 Å². The first-order valence-corrected chi connectivity index (χ1v) is 6.29. The predicted molar refractivity (Wildman–Crippen MR) is 76.8 cm³/mol. The summed E-state index contributed by atoms with van der Waals surface area (Å²) >= 11 is 0. The summed E-state index contributed by atoms with van der Waals surface area (Å²) in [6.45, 7) is -0.0479. The summed E-state index contributed by atoms with van der Waals surface area (Å²) in [6, 6.07) is 16.1. The number of hydrogen-bond donors (Lipinski definition) is 0. The lowest BCUT2D eigenvalue weighted by molar-refractivity contribution is 0.0966. The fourth-order valence-electron chi connectivity index (χ4n) is 2.09. The standard InChI is InChI=1S/C16H12N2O2/c19-15(12-6-2-1-3-7-12)11-18-16(20)14-9-5-4-8-13(14)10-17-18/h1-10H,11H2. The van der Waals surface area contributed by atoms with Gasteiger partial charge in [0.25, 0.3) is 5.56 Å². The zero-order valence-corrected chi connectivity index (χ0v) is 10.7. The highest BCUT2D eigenvalue weighted by atomic mass is 16.1. The molecule has 0 aliphatic carbocycles. The van der Waals surface area contributed by atoms with E-state index in [-0.39, 0.29) is 17.9 Å². The molecule has 0 saturated heterocycles. The summed E-state index contributed by atoms with van der Waals surface area (Å²) in [7, 11) is 0. The third kappa shape index (κ3) is 2.23. The third-order valence-electron chi connectivity index (χ3n) is 3.15. The molecular formula is C16H12N2O2. The molecule has 0 fully saturated rings. The molecule has 3 aromatic rings. The van der Waals surface area contributed by atoms with E-state index in [1.54, 1.807) is 42.6 Å². The number of benzene rings is 2. The molecule has 0 radical (unpaired) electrons. The Balaban J connectivity index is 1.98. The predicted octanol–water partition coefficient (Wildman–Crippen LogP) is 2.28. The van der Waals surface area contributed by atoms with Crippen LogP contribution in [0, 0.1) is 0 Å². The molecule has 0 atom stereocenters. The number of rotatable bonds is 3. The van der Waals surface area contributed by atoms with E-state index < -0.39 is 0 Å². The van der Waals surface area contributed by atoms with Crippen molar-refractivity contribution in [3.63, 3.8) is 0 Å². The van der Waals surface area contributed by atoms with Gasteiger partial charge in [-0.3, -0.25) is 9.59 Å². The molecule has 0 bridgehead atoms. The van der Waals surface area contributed by atoms with Gasteiger partial charge in [-0.2, -0.15) is 5.10 Å². The molecule has 0 saturated carbocycles. The zero-order valence-electron chi connectivity index (χ0n) is 10.7. The lowest BCUT2D eigenvalue weighted by atomic mass is 10.1.